The van der Waals surface area contributed by atoms with Gasteiger partial charge in [-0.15, -0.1) is 6.58 Å². The molecule has 0 saturated heterocycles. The molecule has 2 aliphatic rings. The highest BCUT2D eigenvalue weighted by molar-refractivity contribution is 5.72. The minimum Gasteiger partial charge on any atom is -0.481 e. The number of fused-ring (bicyclic) bond motifs is 1. The van der Waals surface area contributed by atoms with Crippen LogP contribution in [0.2, 0.25) is 0 Å². The molecule has 0 saturated carbocycles. The molecular weight excluding hydrogens is 276 g/mol. The van der Waals surface area contributed by atoms with Crippen molar-refractivity contribution < 1.29 is 9.90 Å². The third-order valence-electron chi connectivity index (χ3n) is 3.60. The second-order valence-electron chi connectivity index (χ2n) is 5.45. The number of aliphatic carboxylic acids is 1. The number of hydrogen-bond donors (Lipinski definition) is 1. The van der Waals surface area contributed by atoms with Gasteiger partial charge in [0, 0.05) is 31.9 Å². The van der Waals surface area contributed by atoms with E-state index in [0.717, 1.165) is 24.3 Å². The van der Waals surface area contributed by atoms with Crippen molar-refractivity contribution in [1.82, 2.24) is 9.80 Å². The van der Waals surface area contributed by atoms with Crippen LogP contribution in [0.3, 0.4) is 0 Å². The third-order valence-corrected chi connectivity index (χ3v) is 3.60. The molecule has 4 nitrogen and oxygen atoms in total. The van der Waals surface area contributed by atoms with Crippen molar-refractivity contribution in [2.45, 2.75) is 12.3 Å². The van der Waals surface area contributed by atoms with Crippen molar-refractivity contribution in [3.63, 3.8) is 0 Å². The van der Waals surface area contributed by atoms with Crippen LogP contribution >= 0.6 is 0 Å². The second kappa shape index (κ2) is 7.50. The number of allylic oxidation sites excluding steroid dienone is 1. The Hall–Kier alpha value is -2.49. The highest BCUT2D eigenvalue weighted by atomic mass is 16.4. The van der Waals surface area contributed by atoms with E-state index in [1.807, 2.05) is 42.5 Å². The lowest BCUT2D eigenvalue weighted by atomic mass is 9.98. The first-order chi connectivity index (χ1) is 10.6. The first-order valence-electron chi connectivity index (χ1n) is 7.32. The summed E-state index contributed by atoms with van der Waals surface area (Å²) in [6.45, 7) is 5.59. The summed E-state index contributed by atoms with van der Waals surface area (Å²) < 4.78 is 0. The number of carbonyl (C=O) groups is 1. The van der Waals surface area contributed by atoms with Crippen molar-refractivity contribution in [3.8, 4) is 0 Å². The first kappa shape index (κ1) is 15.9. The van der Waals surface area contributed by atoms with E-state index < -0.39 is 5.97 Å². The quantitative estimate of drug-likeness (QED) is 0.867. The van der Waals surface area contributed by atoms with Crippen LogP contribution in [0.25, 0.3) is 6.08 Å². The molecule has 1 aromatic rings. The van der Waals surface area contributed by atoms with Gasteiger partial charge in [0.25, 0.3) is 0 Å². The summed E-state index contributed by atoms with van der Waals surface area (Å²) in [6, 6.07) is 7.91. The van der Waals surface area contributed by atoms with Crippen molar-refractivity contribution in [2.24, 2.45) is 0 Å². The monoisotopic (exact) mass is 298 g/mol. The molecule has 1 unspecified atom stereocenters. The molecule has 1 aliphatic heterocycles. The predicted molar refractivity (Wildman–Crippen MR) is 89.1 cm³/mol. The Bertz CT molecular complexity index is 593. The zero-order valence-electron chi connectivity index (χ0n) is 12.9. The molecule has 0 amide bonds. The van der Waals surface area contributed by atoms with E-state index in [9.17, 15) is 4.79 Å². The van der Waals surface area contributed by atoms with E-state index in [-0.39, 0.29) is 12.3 Å². The lowest BCUT2D eigenvalue weighted by Crippen LogP contribution is -2.21. The van der Waals surface area contributed by atoms with Crippen molar-refractivity contribution in [3.05, 3.63) is 66.5 Å². The number of nitrogens with zero attached hydrogens (tertiary/aromatic N) is 2. The van der Waals surface area contributed by atoms with Gasteiger partial charge in [-0.2, -0.15) is 0 Å². The van der Waals surface area contributed by atoms with Crippen LogP contribution in [0, 0.1) is 0 Å². The summed E-state index contributed by atoms with van der Waals surface area (Å²) in [5.41, 5.74) is 2.28. The summed E-state index contributed by atoms with van der Waals surface area (Å²) >= 11 is 0. The van der Waals surface area contributed by atoms with Gasteiger partial charge in [0.2, 0.25) is 0 Å². The van der Waals surface area contributed by atoms with E-state index in [1.165, 1.54) is 0 Å². The second-order valence-corrected chi connectivity index (χ2v) is 5.45. The summed E-state index contributed by atoms with van der Waals surface area (Å²) in [7, 11) is 2.06. The maximum absolute atomic E-state index is 10.5. The highest BCUT2D eigenvalue weighted by Gasteiger charge is 2.18. The summed E-state index contributed by atoms with van der Waals surface area (Å²) in [6.07, 6.45) is 10.2. The van der Waals surface area contributed by atoms with Crippen LogP contribution in [0.15, 0.2) is 55.4 Å². The van der Waals surface area contributed by atoms with Gasteiger partial charge in [0.05, 0.1) is 13.1 Å². The topological polar surface area (TPSA) is 43.8 Å². The zero-order chi connectivity index (χ0) is 15.9. The predicted octanol–water partition coefficient (Wildman–Crippen LogP) is 3.12. The van der Waals surface area contributed by atoms with E-state index >= 15 is 0 Å². The average molecular weight is 298 g/mol. The molecule has 116 valence electrons. The van der Waals surface area contributed by atoms with Crippen LogP contribution in [-0.2, 0) is 4.79 Å². The molecule has 0 aromatic heterocycles. The smallest absolute Gasteiger partial charge is 0.304 e. The van der Waals surface area contributed by atoms with E-state index in [4.69, 9.17) is 5.11 Å². The van der Waals surface area contributed by atoms with Gasteiger partial charge in [-0.1, -0.05) is 42.5 Å². The van der Waals surface area contributed by atoms with Gasteiger partial charge in [-0.05, 0) is 11.1 Å². The molecule has 0 fully saturated rings. The highest BCUT2D eigenvalue weighted by Crippen LogP contribution is 2.31. The van der Waals surface area contributed by atoms with Gasteiger partial charge in [0.15, 0.2) is 0 Å². The Morgan fingerprint density at radius 2 is 2.18 bits per heavy atom. The van der Waals surface area contributed by atoms with Crippen molar-refractivity contribution in [2.75, 3.05) is 20.3 Å². The average Bonchev–Trinajstić information content (AvgIpc) is 3.07. The Morgan fingerprint density at radius 1 is 1.41 bits per heavy atom. The minimum absolute atomic E-state index is 0.0636. The third kappa shape index (κ3) is 4.25. The number of carboxylic acid groups (broad SMARTS) is 1. The molecule has 4 heteroatoms. The number of hydrogen-bond acceptors (Lipinski definition) is 3. The van der Waals surface area contributed by atoms with E-state index in [0.29, 0.717) is 0 Å². The largest absolute Gasteiger partial charge is 0.481 e. The SMILES string of the molecule is C=CCN1C=CN(C)C1.O=C(O)CC1C=Cc2ccccc21. The maximum Gasteiger partial charge on any atom is 0.304 e. The fraction of sp³-hybridized carbons (Fsp3) is 0.278. The van der Waals surface area contributed by atoms with Gasteiger partial charge in [0.1, 0.15) is 0 Å². The van der Waals surface area contributed by atoms with Gasteiger partial charge >= 0.3 is 5.97 Å². The first-order valence-corrected chi connectivity index (χ1v) is 7.32. The van der Waals surface area contributed by atoms with Gasteiger partial charge in [-0.25, -0.2) is 0 Å². The zero-order valence-corrected chi connectivity index (χ0v) is 12.9. The molecule has 3 rings (SSSR count). The van der Waals surface area contributed by atoms with Crippen LogP contribution < -0.4 is 0 Å². The van der Waals surface area contributed by atoms with Gasteiger partial charge < -0.3 is 14.9 Å². The van der Waals surface area contributed by atoms with Crippen molar-refractivity contribution in [1.29, 1.82) is 0 Å². The maximum atomic E-state index is 10.5. The Kier molecular flexibility index (Phi) is 5.42. The van der Waals surface area contributed by atoms with Crippen molar-refractivity contribution >= 4 is 12.0 Å². The van der Waals surface area contributed by atoms with E-state index in [2.05, 4.69) is 35.8 Å². The number of rotatable bonds is 4. The molecule has 0 radical (unpaired) electrons. The molecule has 22 heavy (non-hydrogen) atoms. The summed E-state index contributed by atoms with van der Waals surface area (Å²) in [5, 5.41) is 8.67. The molecular formula is C18H22N2O2. The molecule has 1 atom stereocenters. The van der Waals surface area contributed by atoms with Gasteiger partial charge in [-0.3, -0.25) is 4.79 Å². The summed E-state index contributed by atoms with van der Waals surface area (Å²) in [5.74, 6) is -0.681. The minimum atomic E-state index is -0.744. The van der Waals surface area contributed by atoms with Crippen LogP contribution in [-0.4, -0.2) is 41.1 Å². The lowest BCUT2D eigenvalue weighted by Gasteiger charge is -2.15. The fourth-order valence-corrected chi connectivity index (χ4v) is 2.56. The summed E-state index contributed by atoms with van der Waals surface area (Å²) in [4.78, 5) is 14.8. The Labute approximate surface area is 131 Å². The molecule has 1 heterocycles. The lowest BCUT2D eigenvalue weighted by molar-refractivity contribution is -0.137. The molecule has 0 bridgehead atoms. The van der Waals surface area contributed by atoms with Crippen LogP contribution in [0.5, 0.6) is 0 Å². The van der Waals surface area contributed by atoms with Crippen LogP contribution in [0.4, 0.5) is 0 Å². The fourth-order valence-electron chi connectivity index (χ4n) is 2.56. The molecule has 1 aliphatic carbocycles. The normalized spacial score (nSPS) is 18.0. The number of benzene rings is 1. The molecule has 1 N–H and O–H groups in total. The van der Waals surface area contributed by atoms with E-state index in [1.54, 1.807) is 0 Å². The standard InChI is InChI=1S/C11H10O2.C7H12N2/c12-11(13)7-9-6-5-8-3-1-2-4-10(8)9;1-3-4-9-6-5-8(2)7-9/h1-6,9H,7H2,(H,12,13);3,5-6H,1,4,7H2,2H3. The molecule has 1 aromatic carbocycles. The number of carboxylic acids is 1. The Morgan fingerprint density at radius 3 is 2.82 bits per heavy atom. The Balaban J connectivity index is 0.000000172. The van der Waals surface area contributed by atoms with Crippen LogP contribution in [0.1, 0.15) is 23.5 Å². The molecule has 0 spiro atoms.